The van der Waals surface area contributed by atoms with Gasteiger partial charge in [0.15, 0.2) is 0 Å². The standard InChI is InChI=1S/C20H32N6O2S/c27-17-6-4-13-26(17)20-23-22-19(29-20)25-14-7-16(8-15-25)18(28)21-9-5-12-24-10-2-1-3-11-24/h16H,1-15H2,(H,21,28). The fourth-order valence-corrected chi connectivity index (χ4v) is 5.41. The van der Waals surface area contributed by atoms with Gasteiger partial charge in [0.2, 0.25) is 22.1 Å². The molecular weight excluding hydrogens is 388 g/mol. The van der Waals surface area contributed by atoms with Gasteiger partial charge in [0.1, 0.15) is 0 Å². The van der Waals surface area contributed by atoms with Gasteiger partial charge in [0.05, 0.1) is 0 Å². The molecule has 29 heavy (non-hydrogen) atoms. The van der Waals surface area contributed by atoms with Gasteiger partial charge in [0, 0.05) is 38.5 Å². The van der Waals surface area contributed by atoms with E-state index in [9.17, 15) is 9.59 Å². The van der Waals surface area contributed by atoms with Crippen LogP contribution in [0.25, 0.3) is 0 Å². The molecule has 0 bridgehead atoms. The van der Waals surface area contributed by atoms with E-state index in [4.69, 9.17) is 0 Å². The molecule has 4 rings (SSSR count). The van der Waals surface area contributed by atoms with Crippen molar-refractivity contribution in [3.8, 4) is 0 Å². The minimum absolute atomic E-state index is 0.0915. The third-order valence-corrected chi connectivity index (χ3v) is 7.25. The Morgan fingerprint density at radius 2 is 1.76 bits per heavy atom. The minimum Gasteiger partial charge on any atom is -0.356 e. The quantitative estimate of drug-likeness (QED) is 0.678. The molecular formula is C20H32N6O2S. The molecule has 8 nitrogen and oxygen atoms in total. The van der Waals surface area contributed by atoms with E-state index in [0.717, 1.165) is 63.5 Å². The van der Waals surface area contributed by atoms with Crippen molar-refractivity contribution in [3.05, 3.63) is 0 Å². The van der Waals surface area contributed by atoms with Crippen molar-refractivity contribution in [3.63, 3.8) is 0 Å². The Kier molecular flexibility index (Phi) is 6.97. The first kappa shape index (κ1) is 20.5. The Balaban J connectivity index is 1.17. The minimum atomic E-state index is 0.0915. The molecule has 4 heterocycles. The summed E-state index contributed by atoms with van der Waals surface area (Å²) in [5.74, 6) is 0.432. The highest BCUT2D eigenvalue weighted by molar-refractivity contribution is 7.19. The number of hydrogen-bond donors (Lipinski definition) is 1. The number of piperidine rings is 2. The summed E-state index contributed by atoms with van der Waals surface area (Å²) >= 11 is 1.48. The monoisotopic (exact) mass is 420 g/mol. The first-order chi connectivity index (χ1) is 14.2. The van der Waals surface area contributed by atoms with Crippen molar-refractivity contribution >= 4 is 33.4 Å². The third kappa shape index (κ3) is 5.25. The normalized spacial score (nSPS) is 21.7. The van der Waals surface area contributed by atoms with Crippen LogP contribution in [-0.4, -0.2) is 72.7 Å². The maximum Gasteiger partial charge on any atom is 0.228 e. The number of rotatable bonds is 7. The highest BCUT2D eigenvalue weighted by atomic mass is 32.1. The summed E-state index contributed by atoms with van der Waals surface area (Å²) < 4.78 is 0. The predicted octanol–water partition coefficient (Wildman–Crippen LogP) is 1.87. The molecule has 3 aliphatic heterocycles. The Bertz CT molecular complexity index is 697. The SMILES string of the molecule is O=C(NCCCN1CCCCC1)C1CCN(c2nnc(N3CCCC3=O)s2)CC1. The number of amides is 2. The number of anilines is 2. The third-order valence-electron chi connectivity index (χ3n) is 6.24. The molecule has 0 atom stereocenters. The smallest absolute Gasteiger partial charge is 0.228 e. The largest absolute Gasteiger partial charge is 0.356 e. The highest BCUT2D eigenvalue weighted by Gasteiger charge is 2.29. The maximum absolute atomic E-state index is 12.5. The first-order valence-corrected chi connectivity index (χ1v) is 11.9. The fraction of sp³-hybridized carbons (Fsp3) is 0.800. The molecule has 3 saturated heterocycles. The van der Waals surface area contributed by atoms with Crippen LogP contribution in [0.5, 0.6) is 0 Å². The number of hydrogen-bond acceptors (Lipinski definition) is 7. The molecule has 3 aliphatic rings. The van der Waals surface area contributed by atoms with Gasteiger partial charge in [-0.3, -0.25) is 14.5 Å². The van der Waals surface area contributed by atoms with Crippen LogP contribution in [0.3, 0.4) is 0 Å². The van der Waals surface area contributed by atoms with Crippen LogP contribution in [0.1, 0.15) is 51.4 Å². The molecule has 160 valence electrons. The lowest BCUT2D eigenvalue weighted by atomic mass is 9.96. The summed E-state index contributed by atoms with van der Waals surface area (Å²) in [5.41, 5.74) is 0. The molecule has 0 unspecified atom stereocenters. The van der Waals surface area contributed by atoms with Crippen LogP contribution < -0.4 is 15.1 Å². The average molecular weight is 421 g/mol. The molecule has 1 aromatic heterocycles. The lowest BCUT2D eigenvalue weighted by molar-refractivity contribution is -0.125. The average Bonchev–Trinajstić information content (AvgIpc) is 3.41. The van der Waals surface area contributed by atoms with E-state index in [1.165, 1.54) is 43.7 Å². The summed E-state index contributed by atoms with van der Waals surface area (Å²) in [6.07, 6.45) is 8.21. The van der Waals surface area contributed by atoms with Crippen LogP contribution in [0.4, 0.5) is 10.3 Å². The van der Waals surface area contributed by atoms with Crippen LogP contribution in [0, 0.1) is 5.92 Å². The van der Waals surface area contributed by atoms with E-state index in [2.05, 4.69) is 25.3 Å². The van der Waals surface area contributed by atoms with Gasteiger partial charge in [-0.1, -0.05) is 17.8 Å². The second-order valence-corrected chi connectivity index (χ2v) is 9.26. The summed E-state index contributed by atoms with van der Waals surface area (Å²) in [6, 6.07) is 0. The van der Waals surface area contributed by atoms with Crippen LogP contribution in [-0.2, 0) is 9.59 Å². The Morgan fingerprint density at radius 1 is 1.00 bits per heavy atom. The maximum atomic E-state index is 12.5. The van der Waals surface area contributed by atoms with E-state index in [0.29, 0.717) is 11.6 Å². The van der Waals surface area contributed by atoms with Gasteiger partial charge in [0.25, 0.3) is 0 Å². The zero-order valence-corrected chi connectivity index (χ0v) is 18.0. The van der Waals surface area contributed by atoms with Crippen molar-refractivity contribution in [2.45, 2.75) is 51.4 Å². The second-order valence-electron chi connectivity index (χ2n) is 8.32. The molecule has 0 spiro atoms. The summed E-state index contributed by atoms with van der Waals surface area (Å²) in [5, 5.41) is 13.2. The molecule has 2 amide bonds. The van der Waals surface area contributed by atoms with E-state index in [1.54, 1.807) is 4.90 Å². The van der Waals surface area contributed by atoms with Crippen LogP contribution >= 0.6 is 11.3 Å². The van der Waals surface area contributed by atoms with E-state index in [-0.39, 0.29) is 17.7 Å². The molecule has 0 radical (unpaired) electrons. The lowest BCUT2D eigenvalue weighted by Crippen LogP contribution is -2.41. The lowest BCUT2D eigenvalue weighted by Gasteiger charge is -2.30. The number of carbonyl (C=O) groups excluding carboxylic acids is 2. The molecule has 9 heteroatoms. The number of carbonyl (C=O) groups is 2. The zero-order chi connectivity index (χ0) is 20.1. The fourth-order valence-electron chi connectivity index (χ4n) is 4.47. The Hall–Kier alpha value is -1.74. The van der Waals surface area contributed by atoms with E-state index >= 15 is 0 Å². The van der Waals surface area contributed by atoms with Gasteiger partial charge in [-0.15, -0.1) is 10.2 Å². The number of nitrogens with one attached hydrogen (secondary N) is 1. The van der Waals surface area contributed by atoms with Crippen molar-refractivity contribution in [2.24, 2.45) is 5.92 Å². The van der Waals surface area contributed by atoms with Crippen molar-refractivity contribution in [2.75, 3.05) is 55.6 Å². The van der Waals surface area contributed by atoms with Gasteiger partial charge < -0.3 is 15.1 Å². The Labute approximate surface area is 176 Å². The van der Waals surface area contributed by atoms with Crippen LogP contribution in [0.15, 0.2) is 0 Å². The Morgan fingerprint density at radius 3 is 2.48 bits per heavy atom. The van der Waals surface area contributed by atoms with E-state index in [1.807, 2.05) is 0 Å². The second kappa shape index (κ2) is 9.84. The predicted molar refractivity (Wildman–Crippen MR) is 114 cm³/mol. The summed E-state index contributed by atoms with van der Waals surface area (Å²) in [6.45, 7) is 6.67. The van der Waals surface area contributed by atoms with Crippen molar-refractivity contribution < 1.29 is 9.59 Å². The van der Waals surface area contributed by atoms with Gasteiger partial charge in [-0.05, 0) is 58.2 Å². The zero-order valence-electron chi connectivity index (χ0n) is 17.1. The topological polar surface area (TPSA) is 81.7 Å². The van der Waals surface area contributed by atoms with Crippen molar-refractivity contribution in [1.29, 1.82) is 0 Å². The molecule has 3 fully saturated rings. The molecule has 1 N–H and O–H groups in total. The van der Waals surface area contributed by atoms with Gasteiger partial charge in [-0.2, -0.15) is 0 Å². The van der Waals surface area contributed by atoms with Crippen LogP contribution in [0.2, 0.25) is 0 Å². The molecule has 0 aliphatic carbocycles. The number of nitrogens with zero attached hydrogens (tertiary/aromatic N) is 5. The molecule has 1 aromatic rings. The molecule has 0 saturated carbocycles. The summed E-state index contributed by atoms with van der Waals surface area (Å²) in [7, 11) is 0. The number of aromatic nitrogens is 2. The highest BCUT2D eigenvalue weighted by Crippen LogP contribution is 2.32. The number of likely N-dealkylation sites (tertiary alicyclic amines) is 1. The van der Waals surface area contributed by atoms with Gasteiger partial charge in [-0.25, -0.2) is 0 Å². The summed E-state index contributed by atoms with van der Waals surface area (Å²) in [4.78, 5) is 30.8. The van der Waals surface area contributed by atoms with Gasteiger partial charge >= 0.3 is 0 Å². The van der Waals surface area contributed by atoms with Crippen molar-refractivity contribution in [1.82, 2.24) is 20.4 Å². The molecule has 0 aromatic carbocycles. The van der Waals surface area contributed by atoms with E-state index < -0.39 is 0 Å². The first-order valence-electron chi connectivity index (χ1n) is 11.1.